The van der Waals surface area contributed by atoms with Crippen molar-refractivity contribution in [2.45, 2.75) is 0 Å². The van der Waals surface area contributed by atoms with Gasteiger partial charge in [-0.2, -0.15) is 0 Å². The van der Waals surface area contributed by atoms with Crippen molar-refractivity contribution in [1.29, 1.82) is 0 Å². The van der Waals surface area contributed by atoms with Gasteiger partial charge < -0.3 is 10.4 Å². The van der Waals surface area contributed by atoms with Crippen LogP contribution in [0.5, 0.6) is 0 Å². The minimum absolute atomic E-state index is 0.101. The van der Waals surface area contributed by atoms with Crippen LogP contribution in [0.4, 0.5) is 5.69 Å². The van der Waals surface area contributed by atoms with E-state index in [2.05, 4.69) is 10.3 Å². The van der Waals surface area contributed by atoms with Crippen molar-refractivity contribution in [2.24, 2.45) is 0 Å². The normalized spacial score (nSPS) is 10.1. The van der Waals surface area contributed by atoms with Crippen molar-refractivity contribution in [1.82, 2.24) is 4.98 Å². The quantitative estimate of drug-likeness (QED) is 0.911. The number of benzene rings is 1. The zero-order valence-corrected chi connectivity index (χ0v) is 11.4. The maximum absolute atomic E-state index is 12.0. The molecule has 102 valence electrons. The number of aromatic carboxylic acids is 1. The second kappa shape index (κ2) is 5.90. The van der Waals surface area contributed by atoms with Crippen LogP contribution in [0.1, 0.15) is 20.7 Å². The molecule has 2 N–H and O–H groups in total. The molecule has 20 heavy (non-hydrogen) atoms. The Hall–Kier alpha value is -2.11. The Morgan fingerprint density at radius 2 is 1.90 bits per heavy atom. The second-order valence-corrected chi connectivity index (χ2v) is 4.65. The minimum Gasteiger partial charge on any atom is -0.478 e. The molecule has 2 aromatic rings. The van der Waals surface area contributed by atoms with E-state index in [9.17, 15) is 9.59 Å². The molecular weight excluding hydrogens is 303 g/mol. The lowest BCUT2D eigenvalue weighted by Gasteiger charge is -2.09. The molecule has 0 aliphatic carbocycles. The molecule has 0 spiro atoms. The van der Waals surface area contributed by atoms with E-state index in [-0.39, 0.29) is 26.9 Å². The summed E-state index contributed by atoms with van der Waals surface area (Å²) in [4.78, 5) is 26.9. The van der Waals surface area contributed by atoms with Gasteiger partial charge >= 0.3 is 5.97 Å². The SMILES string of the molecule is O=C(Nc1ccc(Cl)cc1C(=O)O)c1ccncc1Cl. The van der Waals surface area contributed by atoms with E-state index in [1.165, 1.54) is 36.7 Å². The number of hydrogen-bond acceptors (Lipinski definition) is 3. The van der Waals surface area contributed by atoms with Crippen LogP contribution in [0.15, 0.2) is 36.7 Å². The minimum atomic E-state index is -1.19. The molecule has 7 heteroatoms. The van der Waals surface area contributed by atoms with Gasteiger partial charge in [0.2, 0.25) is 0 Å². The van der Waals surface area contributed by atoms with E-state index in [1.54, 1.807) is 0 Å². The molecule has 1 amide bonds. The van der Waals surface area contributed by atoms with E-state index in [0.29, 0.717) is 0 Å². The van der Waals surface area contributed by atoms with Gasteiger partial charge in [-0.25, -0.2) is 4.79 Å². The fourth-order valence-electron chi connectivity index (χ4n) is 1.55. The first-order chi connectivity index (χ1) is 9.49. The number of rotatable bonds is 3. The Labute approximate surface area is 124 Å². The zero-order chi connectivity index (χ0) is 14.7. The lowest BCUT2D eigenvalue weighted by molar-refractivity contribution is 0.0698. The van der Waals surface area contributed by atoms with Crippen LogP contribution in [0.25, 0.3) is 0 Å². The predicted molar refractivity (Wildman–Crippen MR) is 75.6 cm³/mol. The Morgan fingerprint density at radius 3 is 2.55 bits per heavy atom. The first kappa shape index (κ1) is 14.3. The van der Waals surface area contributed by atoms with Gasteiger partial charge in [0.25, 0.3) is 5.91 Å². The maximum Gasteiger partial charge on any atom is 0.337 e. The number of aromatic nitrogens is 1. The van der Waals surface area contributed by atoms with Crippen molar-refractivity contribution in [2.75, 3.05) is 5.32 Å². The van der Waals surface area contributed by atoms with Crippen LogP contribution < -0.4 is 5.32 Å². The van der Waals surface area contributed by atoms with Crippen LogP contribution in [-0.2, 0) is 0 Å². The molecule has 0 atom stereocenters. The summed E-state index contributed by atoms with van der Waals surface area (Å²) in [5, 5.41) is 12.0. The lowest BCUT2D eigenvalue weighted by Crippen LogP contribution is -2.15. The monoisotopic (exact) mass is 310 g/mol. The van der Waals surface area contributed by atoms with Crippen molar-refractivity contribution in [3.05, 3.63) is 57.8 Å². The largest absolute Gasteiger partial charge is 0.478 e. The van der Waals surface area contributed by atoms with E-state index < -0.39 is 11.9 Å². The topological polar surface area (TPSA) is 79.3 Å². The van der Waals surface area contributed by atoms with Crippen LogP contribution in [0, 0.1) is 0 Å². The molecule has 0 saturated carbocycles. The first-order valence-corrected chi connectivity index (χ1v) is 6.18. The van der Waals surface area contributed by atoms with Gasteiger partial charge in [0, 0.05) is 17.4 Å². The molecule has 1 heterocycles. The molecule has 2 rings (SSSR count). The molecule has 0 aliphatic heterocycles. The Kier molecular flexibility index (Phi) is 4.22. The van der Waals surface area contributed by atoms with E-state index in [4.69, 9.17) is 28.3 Å². The maximum atomic E-state index is 12.0. The molecule has 0 radical (unpaired) electrons. The summed E-state index contributed by atoms with van der Waals surface area (Å²) in [5.41, 5.74) is 0.240. The number of nitrogens with zero attached hydrogens (tertiary/aromatic N) is 1. The third-order valence-corrected chi connectivity index (χ3v) is 3.01. The molecule has 1 aromatic carbocycles. The van der Waals surface area contributed by atoms with Gasteiger partial charge in [-0.15, -0.1) is 0 Å². The summed E-state index contributed by atoms with van der Waals surface area (Å²) >= 11 is 11.6. The number of anilines is 1. The summed E-state index contributed by atoms with van der Waals surface area (Å²) in [6.45, 7) is 0. The lowest BCUT2D eigenvalue weighted by atomic mass is 10.1. The third-order valence-electron chi connectivity index (χ3n) is 2.48. The molecule has 0 saturated heterocycles. The number of nitrogens with one attached hydrogen (secondary N) is 1. The van der Waals surface area contributed by atoms with Crippen LogP contribution in [0.2, 0.25) is 10.0 Å². The predicted octanol–water partition coefficient (Wildman–Crippen LogP) is 3.34. The average molecular weight is 311 g/mol. The highest BCUT2D eigenvalue weighted by molar-refractivity contribution is 6.34. The van der Waals surface area contributed by atoms with Gasteiger partial charge in [-0.3, -0.25) is 9.78 Å². The van der Waals surface area contributed by atoms with Crippen molar-refractivity contribution < 1.29 is 14.7 Å². The standard InChI is InChI=1S/C13H8Cl2N2O3/c14-7-1-2-11(9(5-7)13(19)20)17-12(18)8-3-4-16-6-10(8)15/h1-6H,(H,17,18)(H,19,20). The number of carboxylic acids is 1. The summed E-state index contributed by atoms with van der Waals surface area (Å²) in [6, 6.07) is 5.60. The van der Waals surface area contributed by atoms with Crippen LogP contribution >= 0.6 is 23.2 Å². The number of amides is 1. The molecule has 5 nitrogen and oxygen atoms in total. The van der Waals surface area contributed by atoms with E-state index >= 15 is 0 Å². The highest BCUT2D eigenvalue weighted by Gasteiger charge is 2.15. The number of hydrogen-bond donors (Lipinski definition) is 2. The van der Waals surface area contributed by atoms with Gasteiger partial charge in [0.05, 0.1) is 21.8 Å². The Bertz CT molecular complexity index is 689. The molecule has 0 aliphatic rings. The molecule has 0 unspecified atom stereocenters. The summed E-state index contributed by atoms with van der Waals surface area (Å²) in [5.74, 6) is -1.72. The highest BCUT2D eigenvalue weighted by atomic mass is 35.5. The second-order valence-electron chi connectivity index (χ2n) is 3.80. The van der Waals surface area contributed by atoms with Crippen molar-refractivity contribution in [3.63, 3.8) is 0 Å². The van der Waals surface area contributed by atoms with Gasteiger partial charge in [0.1, 0.15) is 0 Å². The van der Waals surface area contributed by atoms with Crippen LogP contribution in [0.3, 0.4) is 0 Å². The Morgan fingerprint density at radius 1 is 1.15 bits per heavy atom. The Balaban J connectivity index is 2.33. The third kappa shape index (κ3) is 3.07. The summed E-state index contributed by atoms with van der Waals surface area (Å²) in [7, 11) is 0. The van der Waals surface area contributed by atoms with Crippen molar-refractivity contribution >= 4 is 40.8 Å². The van der Waals surface area contributed by atoms with Gasteiger partial charge in [-0.1, -0.05) is 23.2 Å². The van der Waals surface area contributed by atoms with Crippen LogP contribution in [-0.4, -0.2) is 22.0 Å². The summed E-state index contributed by atoms with van der Waals surface area (Å²) in [6.07, 6.45) is 2.75. The fourth-order valence-corrected chi connectivity index (χ4v) is 1.93. The van der Waals surface area contributed by atoms with E-state index in [0.717, 1.165) is 0 Å². The first-order valence-electron chi connectivity index (χ1n) is 5.42. The number of carbonyl (C=O) groups is 2. The summed E-state index contributed by atoms with van der Waals surface area (Å²) < 4.78 is 0. The molecule has 1 aromatic heterocycles. The zero-order valence-electron chi connectivity index (χ0n) is 9.93. The average Bonchev–Trinajstić information content (AvgIpc) is 2.41. The molecular formula is C13H8Cl2N2O3. The smallest absolute Gasteiger partial charge is 0.337 e. The molecule has 0 fully saturated rings. The molecule has 0 bridgehead atoms. The van der Waals surface area contributed by atoms with Gasteiger partial charge in [0.15, 0.2) is 0 Å². The number of carboxylic acid groups (broad SMARTS) is 1. The van der Waals surface area contributed by atoms with E-state index in [1.807, 2.05) is 0 Å². The van der Waals surface area contributed by atoms with Gasteiger partial charge in [-0.05, 0) is 24.3 Å². The highest BCUT2D eigenvalue weighted by Crippen LogP contribution is 2.22. The number of halogens is 2. The number of carbonyl (C=O) groups excluding carboxylic acids is 1. The fraction of sp³-hybridized carbons (Fsp3) is 0. The van der Waals surface area contributed by atoms with Crippen molar-refractivity contribution in [3.8, 4) is 0 Å². The number of pyridine rings is 1.